The van der Waals surface area contributed by atoms with Crippen molar-refractivity contribution < 1.29 is 18.7 Å². The molecule has 0 radical (unpaired) electrons. The molecule has 2 heterocycles. The van der Waals surface area contributed by atoms with Gasteiger partial charge in [-0.3, -0.25) is 4.79 Å². The Morgan fingerprint density at radius 3 is 2.76 bits per heavy atom. The van der Waals surface area contributed by atoms with Gasteiger partial charge < -0.3 is 14.5 Å². The van der Waals surface area contributed by atoms with Crippen LogP contribution in [-0.2, 0) is 9.53 Å². The number of thiophene rings is 1. The number of benzene rings is 1. The monoisotopic (exact) mass is 428 g/mol. The molecule has 0 aliphatic rings. The van der Waals surface area contributed by atoms with Gasteiger partial charge in [0.25, 0.3) is 5.22 Å². The largest absolute Gasteiger partial charge is 0.462 e. The highest BCUT2D eigenvalue weighted by atomic mass is 32.2. The molecule has 0 saturated heterocycles. The Morgan fingerprint density at radius 2 is 2.07 bits per heavy atom. The fraction of sp³-hybridized carbons (Fsp3) is 0.211. The number of hydrogen-bond donors (Lipinski definition) is 1. The van der Waals surface area contributed by atoms with Crippen molar-refractivity contribution in [1.82, 2.24) is 10.2 Å². The number of nitrogens with one attached hydrogen (secondary N) is 1. The third-order valence-corrected chi connectivity index (χ3v) is 5.73. The minimum Gasteiger partial charge on any atom is -0.462 e. The second-order valence-electron chi connectivity index (χ2n) is 5.67. The van der Waals surface area contributed by atoms with Gasteiger partial charge in [0.05, 0.1) is 17.9 Å². The summed E-state index contributed by atoms with van der Waals surface area (Å²) in [5.74, 6) is -0.496. The second kappa shape index (κ2) is 9.36. The highest BCUT2D eigenvalue weighted by Gasteiger charge is 2.22. The van der Waals surface area contributed by atoms with Gasteiger partial charge in [-0.1, -0.05) is 30.0 Å². The zero-order valence-corrected chi connectivity index (χ0v) is 17.2. The maximum atomic E-state index is 12.3. The molecule has 0 saturated carbocycles. The van der Waals surface area contributed by atoms with Crippen molar-refractivity contribution in [2.24, 2.45) is 0 Å². The van der Waals surface area contributed by atoms with E-state index in [1.165, 1.54) is 0 Å². The average molecular weight is 428 g/mol. The second-order valence-corrected chi connectivity index (χ2v) is 7.62. The fourth-order valence-electron chi connectivity index (χ4n) is 2.38. The minimum atomic E-state index is -0.513. The molecule has 3 rings (SSSR count). The molecule has 0 fully saturated rings. The Labute approximate surface area is 174 Å². The van der Waals surface area contributed by atoms with E-state index in [-0.39, 0.29) is 29.1 Å². The van der Waals surface area contributed by atoms with Crippen molar-refractivity contribution >= 4 is 40.0 Å². The summed E-state index contributed by atoms with van der Waals surface area (Å²) >= 11 is 2.10. The summed E-state index contributed by atoms with van der Waals surface area (Å²) in [5, 5.41) is 20.5. The van der Waals surface area contributed by atoms with E-state index in [1.54, 1.807) is 13.8 Å². The number of thioether (sulfide) groups is 1. The third kappa shape index (κ3) is 4.82. The smallest absolute Gasteiger partial charge is 0.348 e. The number of esters is 1. The van der Waals surface area contributed by atoms with Gasteiger partial charge in [-0.2, -0.15) is 5.26 Å². The van der Waals surface area contributed by atoms with E-state index < -0.39 is 5.97 Å². The lowest BCUT2D eigenvalue weighted by molar-refractivity contribution is -0.113. The lowest BCUT2D eigenvalue weighted by atomic mass is 10.2. The maximum absolute atomic E-state index is 12.3. The topological polar surface area (TPSA) is 118 Å². The van der Waals surface area contributed by atoms with Crippen LogP contribution in [0.15, 0.2) is 40.0 Å². The Balaban J connectivity index is 1.64. The Kier molecular flexibility index (Phi) is 6.64. The summed E-state index contributed by atoms with van der Waals surface area (Å²) in [4.78, 5) is 24.6. The number of nitriles is 1. The Bertz CT molecular complexity index is 1070. The van der Waals surface area contributed by atoms with E-state index in [0.717, 1.165) is 28.7 Å². The number of carbonyl (C=O) groups is 2. The molecule has 148 valence electrons. The molecule has 29 heavy (non-hydrogen) atoms. The SMILES string of the molecule is CCOC(=O)c1sc(NC(=O)CSc2nnc(-c3ccccc3)o2)c(C#N)c1C. The summed E-state index contributed by atoms with van der Waals surface area (Å²) in [7, 11) is 0. The van der Waals surface area contributed by atoms with Gasteiger partial charge in [0.15, 0.2) is 0 Å². The first-order valence-corrected chi connectivity index (χ1v) is 10.4. The lowest BCUT2D eigenvalue weighted by Crippen LogP contribution is -2.13. The first-order valence-electron chi connectivity index (χ1n) is 8.55. The molecular formula is C19H16N4O4S2. The van der Waals surface area contributed by atoms with Crippen LogP contribution in [0.25, 0.3) is 11.5 Å². The summed E-state index contributed by atoms with van der Waals surface area (Å²) in [6.45, 7) is 3.58. The van der Waals surface area contributed by atoms with Crippen LogP contribution in [0.5, 0.6) is 0 Å². The molecule has 0 aliphatic carbocycles. The van der Waals surface area contributed by atoms with E-state index in [0.29, 0.717) is 21.3 Å². The van der Waals surface area contributed by atoms with Crippen molar-refractivity contribution in [3.63, 3.8) is 0 Å². The van der Waals surface area contributed by atoms with Crippen molar-refractivity contribution in [1.29, 1.82) is 5.26 Å². The predicted octanol–water partition coefficient (Wildman–Crippen LogP) is 3.89. The molecule has 1 N–H and O–H groups in total. The number of ether oxygens (including phenoxy) is 1. The van der Waals surface area contributed by atoms with Crippen LogP contribution in [-0.4, -0.2) is 34.4 Å². The number of aromatic nitrogens is 2. The fourth-order valence-corrected chi connectivity index (χ4v) is 4.01. The molecule has 1 aromatic carbocycles. The van der Waals surface area contributed by atoms with Gasteiger partial charge in [-0.25, -0.2) is 4.79 Å². The Morgan fingerprint density at radius 1 is 1.31 bits per heavy atom. The first-order chi connectivity index (χ1) is 14.0. The van der Waals surface area contributed by atoms with Crippen LogP contribution in [0, 0.1) is 18.3 Å². The molecule has 1 amide bonds. The maximum Gasteiger partial charge on any atom is 0.348 e. The molecule has 3 aromatic rings. The van der Waals surface area contributed by atoms with Crippen LogP contribution >= 0.6 is 23.1 Å². The number of carbonyl (C=O) groups excluding carboxylic acids is 2. The van der Waals surface area contributed by atoms with Crippen molar-refractivity contribution in [3.05, 3.63) is 46.3 Å². The van der Waals surface area contributed by atoms with Gasteiger partial charge in [-0.15, -0.1) is 21.5 Å². The van der Waals surface area contributed by atoms with Crippen molar-refractivity contribution in [3.8, 4) is 17.5 Å². The summed E-state index contributed by atoms with van der Waals surface area (Å²) in [6, 6.07) is 11.3. The normalized spacial score (nSPS) is 10.4. The molecule has 0 bridgehead atoms. The predicted molar refractivity (Wildman–Crippen MR) is 109 cm³/mol. The van der Waals surface area contributed by atoms with Gasteiger partial charge in [0.2, 0.25) is 11.8 Å². The van der Waals surface area contributed by atoms with Crippen molar-refractivity contribution in [2.45, 2.75) is 19.1 Å². The lowest BCUT2D eigenvalue weighted by Gasteiger charge is -2.01. The van der Waals surface area contributed by atoms with Crippen LogP contribution in [0.3, 0.4) is 0 Å². The van der Waals surface area contributed by atoms with E-state index in [9.17, 15) is 14.9 Å². The first kappa shape index (κ1) is 20.6. The highest BCUT2D eigenvalue weighted by Crippen LogP contribution is 2.33. The van der Waals surface area contributed by atoms with Crippen LogP contribution < -0.4 is 5.32 Å². The average Bonchev–Trinajstić information content (AvgIpc) is 3.32. The molecule has 0 unspecified atom stereocenters. The van der Waals surface area contributed by atoms with E-state index in [1.807, 2.05) is 36.4 Å². The molecule has 8 nitrogen and oxygen atoms in total. The molecule has 0 atom stereocenters. The molecule has 0 aliphatic heterocycles. The van der Waals surface area contributed by atoms with Gasteiger partial charge >= 0.3 is 5.97 Å². The number of rotatable bonds is 7. The van der Waals surface area contributed by atoms with Crippen LogP contribution in [0.2, 0.25) is 0 Å². The number of amides is 1. The van der Waals surface area contributed by atoms with Gasteiger partial charge in [0, 0.05) is 5.56 Å². The molecule has 10 heteroatoms. The van der Waals surface area contributed by atoms with Gasteiger partial charge in [0.1, 0.15) is 15.9 Å². The number of nitrogens with zero attached hydrogens (tertiary/aromatic N) is 3. The number of anilines is 1. The summed E-state index contributed by atoms with van der Waals surface area (Å²) < 4.78 is 10.5. The Hall–Kier alpha value is -3.16. The molecule has 0 spiro atoms. The minimum absolute atomic E-state index is 0.00692. The number of hydrogen-bond acceptors (Lipinski definition) is 9. The standard InChI is InChI=1S/C19H16N4O4S2/c1-3-26-18(25)15-11(2)13(9-20)17(29-15)21-14(24)10-28-19-23-22-16(27-19)12-7-5-4-6-8-12/h4-8H,3,10H2,1-2H3,(H,21,24). The van der Waals surface area contributed by atoms with Crippen LogP contribution in [0.4, 0.5) is 5.00 Å². The van der Waals surface area contributed by atoms with Gasteiger partial charge in [-0.05, 0) is 31.5 Å². The molecular weight excluding hydrogens is 412 g/mol. The van der Waals surface area contributed by atoms with E-state index in [2.05, 4.69) is 15.5 Å². The van der Waals surface area contributed by atoms with Crippen molar-refractivity contribution in [2.75, 3.05) is 17.7 Å². The van der Waals surface area contributed by atoms with Crippen LogP contribution in [0.1, 0.15) is 27.7 Å². The van der Waals surface area contributed by atoms with E-state index >= 15 is 0 Å². The quantitative estimate of drug-likeness (QED) is 0.445. The van der Waals surface area contributed by atoms with E-state index in [4.69, 9.17) is 9.15 Å². The zero-order valence-electron chi connectivity index (χ0n) is 15.6. The summed E-state index contributed by atoms with van der Waals surface area (Å²) in [5.41, 5.74) is 1.53. The zero-order chi connectivity index (χ0) is 20.8. The highest BCUT2D eigenvalue weighted by molar-refractivity contribution is 7.99. The summed E-state index contributed by atoms with van der Waals surface area (Å²) in [6.07, 6.45) is 0. The third-order valence-electron chi connectivity index (χ3n) is 3.73. The molecule has 2 aromatic heterocycles.